The summed E-state index contributed by atoms with van der Waals surface area (Å²) in [5.74, 6) is -0.175. The molecule has 9 nitrogen and oxygen atoms in total. The molecule has 6 N–H and O–H groups in total. The lowest BCUT2D eigenvalue weighted by Crippen LogP contribution is -2.60. The average molecular weight is 934 g/mol. The number of rotatable bonds is 48. The summed E-state index contributed by atoms with van der Waals surface area (Å²) in [6.45, 7) is 3.79. The second-order valence-electron chi connectivity index (χ2n) is 19.7. The van der Waals surface area contributed by atoms with Crippen molar-refractivity contribution < 1.29 is 39.8 Å². The summed E-state index contributed by atoms with van der Waals surface area (Å²) >= 11 is 0. The molecule has 1 saturated heterocycles. The molecule has 7 unspecified atom stereocenters. The van der Waals surface area contributed by atoms with E-state index in [-0.39, 0.29) is 12.5 Å². The zero-order chi connectivity index (χ0) is 48.0. The Balaban J connectivity index is 2.23. The SMILES string of the molecule is CCCCCCC/C=C\C/C=C\CCCCCCCCCCCCCCCC(=O)NC(COC1OC(CO)C(O)C(O)C1O)C(O)/C=C/CCCCCCCCCCCCCCCCCC. The minimum Gasteiger partial charge on any atom is -0.394 e. The lowest BCUT2D eigenvalue weighted by molar-refractivity contribution is -0.302. The van der Waals surface area contributed by atoms with Crippen LogP contribution in [0.2, 0.25) is 0 Å². The predicted molar refractivity (Wildman–Crippen MR) is 276 cm³/mol. The monoisotopic (exact) mass is 934 g/mol. The number of unbranched alkanes of at least 4 members (excludes halogenated alkanes) is 34. The largest absolute Gasteiger partial charge is 0.394 e. The third-order valence-corrected chi connectivity index (χ3v) is 13.5. The summed E-state index contributed by atoms with van der Waals surface area (Å²) in [7, 11) is 0. The number of amides is 1. The Morgan fingerprint density at radius 2 is 0.894 bits per heavy atom. The third kappa shape index (κ3) is 36.4. The van der Waals surface area contributed by atoms with E-state index >= 15 is 0 Å². The molecule has 0 bridgehead atoms. The Kier molecular flexibility index (Phi) is 44.6. The van der Waals surface area contributed by atoms with Crippen molar-refractivity contribution in [1.82, 2.24) is 5.32 Å². The maximum Gasteiger partial charge on any atom is 0.220 e. The first kappa shape index (κ1) is 62.4. The zero-order valence-electron chi connectivity index (χ0n) is 43.0. The van der Waals surface area contributed by atoms with Gasteiger partial charge in [0.05, 0.1) is 25.4 Å². The van der Waals surface area contributed by atoms with E-state index in [9.17, 15) is 30.3 Å². The number of aliphatic hydroxyl groups excluding tert-OH is 5. The number of hydrogen-bond acceptors (Lipinski definition) is 8. The fraction of sp³-hybridized carbons (Fsp3) is 0.877. The molecular formula is C57H107NO8. The average Bonchev–Trinajstić information content (AvgIpc) is 3.32. The van der Waals surface area contributed by atoms with Crippen molar-refractivity contribution in [3.05, 3.63) is 36.5 Å². The van der Waals surface area contributed by atoms with Gasteiger partial charge in [0.15, 0.2) is 6.29 Å². The van der Waals surface area contributed by atoms with Crippen molar-refractivity contribution in [3.8, 4) is 0 Å². The van der Waals surface area contributed by atoms with E-state index in [0.29, 0.717) is 6.42 Å². The van der Waals surface area contributed by atoms with Crippen molar-refractivity contribution in [3.63, 3.8) is 0 Å². The summed E-state index contributed by atoms with van der Waals surface area (Å²) in [6, 6.07) is -0.804. The van der Waals surface area contributed by atoms with E-state index < -0.39 is 49.5 Å². The van der Waals surface area contributed by atoms with Crippen LogP contribution in [0.15, 0.2) is 36.5 Å². The minimum atomic E-state index is -1.57. The molecule has 1 amide bonds. The maximum absolute atomic E-state index is 13.0. The van der Waals surface area contributed by atoms with E-state index in [4.69, 9.17) is 9.47 Å². The highest BCUT2D eigenvalue weighted by Crippen LogP contribution is 2.23. The minimum absolute atomic E-state index is 0.175. The molecule has 0 saturated carbocycles. The van der Waals surface area contributed by atoms with Crippen LogP contribution in [0.1, 0.15) is 264 Å². The molecule has 1 aliphatic heterocycles. The number of aliphatic hydroxyl groups is 5. The first-order chi connectivity index (χ1) is 32.3. The van der Waals surface area contributed by atoms with Gasteiger partial charge in [-0.1, -0.05) is 243 Å². The number of nitrogens with one attached hydrogen (secondary N) is 1. The van der Waals surface area contributed by atoms with Crippen LogP contribution in [0.3, 0.4) is 0 Å². The van der Waals surface area contributed by atoms with Crippen LogP contribution < -0.4 is 5.32 Å². The van der Waals surface area contributed by atoms with Crippen LogP contribution in [-0.2, 0) is 14.3 Å². The summed E-state index contributed by atoms with van der Waals surface area (Å²) in [5.41, 5.74) is 0. The smallest absolute Gasteiger partial charge is 0.220 e. The van der Waals surface area contributed by atoms with E-state index in [2.05, 4.69) is 43.5 Å². The third-order valence-electron chi connectivity index (χ3n) is 13.5. The van der Waals surface area contributed by atoms with Gasteiger partial charge < -0.3 is 40.3 Å². The molecule has 66 heavy (non-hydrogen) atoms. The van der Waals surface area contributed by atoms with E-state index in [1.807, 2.05) is 6.08 Å². The van der Waals surface area contributed by atoms with Gasteiger partial charge in [0.1, 0.15) is 24.4 Å². The molecule has 1 aliphatic rings. The van der Waals surface area contributed by atoms with Gasteiger partial charge in [0.2, 0.25) is 5.91 Å². The highest BCUT2D eigenvalue weighted by Gasteiger charge is 2.44. The summed E-state index contributed by atoms with van der Waals surface area (Å²) in [4.78, 5) is 13.0. The van der Waals surface area contributed by atoms with Gasteiger partial charge in [0, 0.05) is 6.42 Å². The van der Waals surface area contributed by atoms with Crippen LogP contribution >= 0.6 is 0 Å². The highest BCUT2D eigenvalue weighted by atomic mass is 16.7. The molecule has 9 heteroatoms. The molecule has 0 aromatic heterocycles. The van der Waals surface area contributed by atoms with Gasteiger partial charge in [-0.15, -0.1) is 0 Å². The first-order valence-electron chi connectivity index (χ1n) is 28.2. The first-order valence-corrected chi connectivity index (χ1v) is 28.2. The van der Waals surface area contributed by atoms with Crippen LogP contribution in [0.5, 0.6) is 0 Å². The van der Waals surface area contributed by atoms with Gasteiger partial charge in [-0.25, -0.2) is 0 Å². The maximum atomic E-state index is 13.0. The Morgan fingerprint density at radius 3 is 1.30 bits per heavy atom. The van der Waals surface area contributed by atoms with E-state index in [1.165, 1.54) is 199 Å². The number of carbonyl (C=O) groups is 1. The van der Waals surface area contributed by atoms with Gasteiger partial charge in [-0.3, -0.25) is 4.79 Å². The number of carbonyl (C=O) groups excluding carboxylic acids is 1. The van der Waals surface area contributed by atoms with Crippen molar-refractivity contribution >= 4 is 5.91 Å². The van der Waals surface area contributed by atoms with Crippen LogP contribution in [-0.4, -0.2) is 87.5 Å². The molecule has 0 aliphatic carbocycles. The Hall–Kier alpha value is -1.59. The molecule has 0 aromatic rings. The number of allylic oxidation sites excluding steroid dienone is 5. The van der Waals surface area contributed by atoms with Crippen molar-refractivity contribution in [2.75, 3.05) is 13.2 Å². The van der Waals surface area contributed by atoms with Crippen LogP contribution in [0.4, 0.5) is 0 Å². The molecule has 0 aromatic carbocycles. The molecule has 0 radical (unpaired) electrons. The Bertz CT molecular complexity index is 1130. The van der Waals surface area contributed by atoms with Crippen LogP contribution in [0.25, 0.3) is 0 Å². The number of ether oxygens (including phenoxy) is 2. The van der Waals surface area contributed by atoms with Crippen molar-refractivity contribution in [2.24, 2.45) is 0 Å². The second kappa shape index (κ2) is 47.1. The van der Waals surface area contributed by atoms with Gasteiger partial charge >= 0.3 is 0 Å². The van der Waals surface area contributed by atoms with Gasteiger partial charge in [-0.2, -0.15) is 0 Å². The fourth-order valence-corrected chi connectivity index (χ4v) is 8.95. The lowest BCUT2D eigenvalue weighted by Gasteiger charge is -2.40. The Morgan fingerprint density at radius 1 is 0.515 bits per heavy atom. The molecule has 388 valence electrons. The van der Waals surface area contributed by atoms with E-state index in [0.717, 1.165) is 44.9 Å². The fourth-order valence-electron chi connectivity index (χ4n) is 8.95. The van der Waals surface area contributed by atoms with Crippen molar-refractivity contribution in [2.45, 2.75) is 307 Å². The standard InChI is InChI=1S/C57H107NO8/c1-3-5-7-9-11-13-15-17-19-21-23-24-25-26-27-28-29-31-33-35-37-39-41-43-45-47-53(61)58-50(49-65-57-56(64)55(63)54(62)52(48-59)66-57)51(60)46-44-42-40-38-36-34-32-30-22-20-18-16-14-12-10-8-6-4-2/h15,17,21,23,44,46,50-52,54-57,59-60,62-64H,3-14,16,18-20,22,24-43,45,47-49H2,1-2H3,(H,58,61)/b17-15-,23-21-,46-44+. The lowest BCUT2D eigenvalue weighted by atomic mass is 9.99. The molecule has 1 fully saturated rings. The number of hydrogen-bond donors (Lipinski definition) is 6. The normalized spacial score (nSPS) is 20.0. The molecule has 1 heterocycles. The summed E-state index contributed by atoms with van der Waals surface area (Å²) in [6.07, 6.45) is 53.4. The topological polar surface area (TPSA) is 149 Å². The predicted octanol–water partition coefficient (Wildman–Crippen LogP) is 13.6. The van der Waals surface area contributed by atoms with Gasteiger partial charge in [0.25, 0.3) is 0 Å². The van der Waals surface area contributed by atoms with Gasteiger partial charge in [-0.05, 0) is 51.4 Å². The van der Waals surface area contributed by atoms with E-state index in [1.54, 1.807) is 6.08 Å². The second-order valence-corrected chi connectivity index (χ2v) is 19.7. The zero-order valence-corrected chi connectivity index (χ0v) is 43.0. The quantitative estimate of drug-likeness (QED) is 0.0261. The van der Waals surface area contributed by atoms with Crippen molar-refractivity contribution in [1.29, 1.82) is 0 Å². The molecule has 7 atom stereocenters. The summed E-state index contributed by atoms with van der Waals surface area (Å²) in [5, 5.41) is 54.5. The Labute approximate surface area is 406 Å². The molecule has 0 spiro atoms. The van der Waals surface area contributed by atoms with Crippen LogP contribution in [0, 0.1) is 0 Å². The molecular weight excluding hydrogens is 827 g/mol. The summed E-state index contributed by atoms with van der Waals surface area (Å²) < 4.78 is 11.3. The molecule has 1 rings (SSSR count). The highest BCUT2D eigenvalue weighted by molar-refractivity contribution is 5.76.